The van der Waals surface area contributed by atoms with Crippen LogP contribution in [0.3, 0.4) is 0 Å². The first-order valence-electron chi connectivity index (χ1n) is 12.7. The highest BCUT2D eigenvalue weighted by atomic mass is 16.5. The summed E-state index contributed by atoms with van der Waals surface area (Å²) >= 11 is 0. The lowest BCUT2D eigenvalue weighted by Gasteiger charge is -2.11. The Labute approximate surface area is 195 Å². The van der Waals surface area contributed by atoms with Crippen LogP contribution in [0.25, 0.3) is 11.4 Å². The van der Waals surface area contributed by atoms with Gasteiger partial charge >= 0.3 is 5.97 Å². The lowest BCUT2D eigenvalue weighted by molar-refractivity contribution is -0.135. The average Bonchev–Trinajstić information content (AvgIpc) is 2.80. The van der Waals surface area contributed by atoms with Gasteiger partial charge in [0.2, 0.25) is 0 Å². The number of nitrogens with zero attached hydrogens (tertiary/aromatic N) is 2. The van der Waals surface area contributed by atoms with Crippen LogP contribution in [0.5, 0.6) is 5.75 Å². The van der Waals surface area contributed by atoms with E-state index in [0.29, 0.717) is 23.9 Å². The monoisotopic (exact) mass is 438 g/mol. The Morgan fingerprint density at radius 3 is 2.09 bits per heavy atom. The van der Waals surface area contributed by atoms with E-state index in [0.717, 1.165) is 18.4 Å². The van der Waals surface area contributed by atoms with E-state index in [1.165, 1.54) is 69.8 Å². The van der Waals surface area contributed by atoms with Crippen LogP contribution in [0.4, 0.5) is 0 Å². The third-order valence-corrected chi connectivity index (χ3v) is 5.93. The maximum absolute atomic E-state index is 12.2. The number of aromatic nitrogens is 2. The van der Waals surface area contributed by atoms with E-state index in [1.807, 2.05) is 36.7 Å². The Bertz CT molecular complexity index is 756. The molecule has 1 aromatic carbocycles. The van der Waals surface area contributed by atoms with Crippen molar-refractivity contribution in [3.05, 3.63) is 42.2 Å². The van der Waals surface area contributed by atoms with Gasteiger partial charge in [-0.15, -0.1) is 0 Å². The number of unbranched alkanes of at least 4 members (excludes halogenated alkanes) is 8. The van der Waals surface area contributed by atoms with Crippen molar-refractivity contribution in [2.45, 2.75) is 104 Å². The molecular weight excluding hydrogens is 396 g/mol. The van der Waals surface area contributed by atoms with Crippen molar-refractivity contribution in [1.82, 2.24) is 9.97 Å². The molecule has 0 amide bonds. The van der Waals surface area contributed by atoms with Crippen molar-refractivity contribution in [2.75, 3.05) is 0 Å². The van der Waals surface area contributed by atoms with Crippen LogP contribution in [0.2, 0.25) is 0 Å². The number of rotatable bonds is 16. The molecule has 1 atom stereocenters. The van der Waals surface area contributed by atoms with E-state index in [1.54, 1.807) is 0 Å². The fourth-order valence-electron chi connectivity index (χ4n) is 3.89. The van der Waals surface area contributed by atoms with E-state index >= 15 is 0 Å². The third kappa shape index (κ3) is 10.4. The summed E-state index contributed by atoms with van der Waals surface area (Å²) in [7, 11) is 0. The van der Waals surface area contributed by atoms with E-state index in [2.05, 4.69) is 30.7 Å². The largest absolute Gasteiger partial charge is 0.427 e. The van der Waals surface area contributed by atoms with Gasteiger partial charge in [-0.2, -0.15) is 0 Å². The molecular formula is C28H42N2O2. The number of hydrogen-bond donors (Lipinski definition) is 0. The highest BCUT2D eigenvalue weighted by molar-refractivity contribution is 5.72. The van der Waals surface area contributed by atoms with E-state index in [-0.39, 0.29) is 5.97 Å². The van der Waals surface area contributed by atoms with E-state index in [4.69, 9.17) is 4.74 Å². The number of carbonyl (C=O) groups is 1. The molecule has 0 bridgehead atoms. The summed E-state index contributed by atoms with van der Waals surface area (Å²) in [5, 5.41) is 0. The lowest BCUT2D eigenvalue weighted by Crippen LogP contribution is -2.12. The molecule has 0 spiro atoms. The Balaban J connectivity index is 1.75. The number of aryl methyl sites for hydroxylation is 1. The summed E-state index contributed by atoms with van der Waals surface area (Å²) in [6.07, 6.45) is 19.2. The number of esters is 1. The fourth-order valence-corrected chi connectivity index (χ4v) is 3.89. The molecule has 4 nitrogen and oxygen atoms in total. The zero-order chi connectivity index (χ0) is 23.0. The molecule has 0 radical (unpaired) electrons. The number of hydrogen-bond acceptors (Lipinski definition) is 4. The van der Waals surface area contributed by atoms with Gasteiger partial charge in [0, 0.05) is 24.4 Å². The second-order valence-corrected chi connectivity index (χ2v) is 9.09. The molecule has 0 saturated carbocycles. The second kappa shape index (κ2) is 15.6. The lowest BCUT2D eigenvalue weighted by atomic mass is 9.99. The number of carbonyl (C=O) groups excluding carboxylic acids is 1. The van der Waals surface area contributed by atoms with Crippen LogP contribution < -0.4 is 4.74 Å². The molecule has 0 aliphatic carbocycles. The van der Waals surface area contributed by atoms with Gasteiger partial charge in [0.1, 0.15) is 5.75 Å². The first-order chi connectivity index (χ1) is 15.6. The SMILES string of the molecule is CCCCCCCCc1cnc(-c2ccc(OC(=O)CC(C)CCCCCC)cc2)nc1. The molecule has 1 heterocycles. The normalized spacial score (nSPS) is 12.0. The maximum atomic E-state index is 12.2. The molecule has 0 aliphatic rings. The third-order valence-electron chi connectivity index (χ3n) is 5.93. The summed E-state index contributed by atoms with van der Waals surface area (Å²) < 4.78 is 5.52. The summed E-state index contributed by atoms with van der Waals surface area (Å²) in [5.41, 5.74) is 2.12. The minimum Gasteiger partial charge on any atom is -0.427 e. The van der Waals surface area contributed by atoms with Gasteiger partial charge < -0.3 is 4.74 Å². The predicted octanol–water partition coefficient (Wildman–Crippen LogP) is 7.95. The van der Waals surface area contributed by atoms with Crippen molar-refractivity contribution in [3.8, 4) is 17.1 Å². The molecule has 2 aromatic rings. The minimum atomic E-state index is -0.156. The van der Waals surface area contributed by atoms with Gasteiger partial charge in [0.25, 0.3) is 0 Å². The Kier molecular flexibility index (Phi) is 12.6. The van der Waals surface area contributed by atoms with Crippen LogP contribution >= 0.6 is 0 Å². The van der Waals surface area contributed by atoms with E-state index in [9.17, 15) is 4.79 Å². The zero-order valence-corrected chi connectivity index (χ0v) is 20.4. The first-order valence-corrected chi connectivity index (χ1v) is 12.7. The smallest absolute Gasteiger partial charge is 0.311 e. The predicted molar refractivity (Wildman–Crippen MR) is 133 cm³/mol. The average molecular weight is 439 g/mol. The van der Waals surface area contributed by atoms with Crippen LogP contribution in [0, 0.1) is 5.92 Å². The molecule has 176 valence electrons. The second-order valence-electron chi connectivity index (χ2n) is 9.09. The topological polar surface area (TPSA) is 52.1 Å². The zero-order valence-electron chi connectivity index (χ0n) is 20.4. The van der Waals surface area contributed by atoms with Crippen molar-refractivity contribution >= 4 is 5.97 Å². The Morgan fingerprint density at radius 1 is 0.844 bits per heavy atom. The summed E-state index contributed by atoms with van der Waals surface area (Å²) in [6, 6.07) is 7.48. The van der Waals surface area contributed by atoms with Crippen LogP contribution in [0.15, 0.2) is 36.7 Å². The van der Waals surface area contributed by atoms with Gasteiger partial charge in [0.15, 0.2) is 5.82 Å². The van der Waals surface area contributed by atoms with Gasteiger partial charge in [-0.05, 0) is 48.6 Å². The van der Waals surface area contributed by atoms with Crippen LogP contribution in [0.1, 0.15) is 103 Å². The van der Waals surface area contributed by atoms with Crippen molar-refractivity contribution in [2.24, 2.45) is 5.92 Å². The van der Waals surface area contributed by atoms with Crippen molar-refractivity contribution in [1.29, 1.82) is 0 Å². The van der Waals surface area contributed by atoms with Crippen LogP contribution in [-0.2, 0) is 11.2 Å². The van der Waals surface area contributed by atoms with Crippen LogP contribution in [-0.4, -0.2) is 15.9 Å². The van der Waals surface area contributed by atoms with Crippen molar-refractivity contribution < 1.29 is 9.53 Å². The molecule has 0 aliphatic heterocycles. The first kappa shape index (κ1) is 26.0. The molecule has 1 unspecified atom stereocenters. The van der Waals surface area contributed by atoms with Gasteiger partial charge in [0.05, 0.1) is 0 Å². The molecule has 0 saturated heterocycles. The van der Waals surface area contributed by atoms with Crippen molar-refractivity contribution in [3.63, 3.8) is 0 Å². The van der Waals surface area contributed by atoms with Gasteiger partial charge in [-0.3, -0.25) is 4.79 Å². The highest BCUT2D eigenvalue weighted by Crippen LogP contribution is 2.21. The summed E-state index contributed by atoms with van der Waals surface area (Å²) in [6.45, 7) is 6.59. The van der Waals surface area contributed by atoms with Gasteiger partial charge in [-0.1, -0.05) is 85.0 Å². The molecule has 2 rings (SSSR count). The molecule has 1 aromatic heterocycles. The number of benzene rings is 1. The Morgan fingerprint density at radius 2 is 1.44 bits per heavy atom. The number of ether oxygens (including phenoxy) is 1. The summed E-state index contributed by atoms with van der Waals surface area (Å²) in [4.78, 5) is 21.3. The Hall–Kier alpha value is -2.23. The highest BCUT2D eigenvalue weighted by Gasteiger charge is 2.12. The van der Waals surface area contributed by atoms with Gasteiger partial charge in [-0.25, -0.2) is 9.97 Å². The fraction of sp³-hybridized carbons (Fsp3) is 0.607. The summed E-state index contributed by atoms with van der Waals surface area (Å²) in [5.74, 6) is 1.49. The molecule has 4 heteroatoms. The molecule has 0 N–H and O–H groups in total. The quantitative estimate of drug-likeness (QED) is 0.152. The van der Waals surface area contributed by atoms with E-state index < -0.39 is 0 Å². The standard InChI is InChI=1S/C28H42N2O2/c1-4-6-8-10-11-13-15-24-21-29-28(30-22-24)25-16-18-26(19-17-25)32-27(31)20-23(3)14-12-9-7-5-2/h16-19,21-23H,4-15,20H2,1-3H3. The molecule has 0 fully saturated rings. The molecule has 32 heavy (non-hydrogen) atoms. The minimum absolute atomic E-state index is 0.156. The maximum Gasteiger partial charge on any atom is 0.311 e.